The molecular formula is C17H21N3O3. The number of amides is 1. The highest BCUT2D eigenvalue weighted by Gasteiger charge is 2.16. The lowest BCUT2D eigenvalue weighted by molar-refractivity contribution is 0.102. The fourth-order valence-electron chi connectivity index (χ4n) is 2.22. The molecule has 0 aliphatic heterocycles. The van der Waals surface area contributed by atoms with Gasteiger partial charge >= 0.3 is 0 Å². The van der Waals surface area contributed by atoms with Gasteiger partial charge in [-0.3, -0.25) is 4.79 Å². The molecule has 0 saturated carbocycles. The Kier molecular flexibility index (Phi) is 4.95. The highest BCUT2D eigenvalue weighted by molar-refractivity contribution is 6.09. The first-order valence-corrected chi connectivity index (χ1v) is 7.06. The number of nitrogens with zero attached hydrogens (tertiary/aromatic N) is 1. The minimum atomic E-state index is -0.260. The maximum Gasteiger partial charge on any atom is 0.257 e. The van der Waals surface area contributed by atoms with Crippen LogP contribution < -0.4 is 25.4 Å². The van der Waals surface area contributed by atoms with Gasteiger partial charge in [-0.15, -0.1) is 0 Å². The van der Waals surface area contributed by atoms with Crippen molar-refractivity contribution in [3.05, 3.63) is 42.0 Å². The predicted molar refractivity (Wildman–Crippen MR) is 92.7 cm³/mol. The SMILES string of the molecule is COc1ccc(NC(=O)c2cc(N)ccc2N(C)C)c(OC)c1. The van der Waals surface area contributed by atoms with Crippen molar-refractivity contribution in [3.8, 4) is 11.5 Å². The Labute approximate surface area is 135 Å². The number of rotatable bonds is 5. The molecule has 1 amide bonds. The van der Waals surface area contributed by atoms with Crippen LogP contribution in [0.5, 0.6) is 11.5 Å². The second-order valence-electron chi connectivity index (χ2n) is 5.19. The topological polar surface area (TPSA) is 76.8 Å². The van der Waals surface area contributed by atoms with Gasteiger partial charge in [0.15, 0.2) is 0 Å². The molecule has 6 nitrogen and oxygen atoms in total. The van der Waals surface area contributed by atoms with Gasteiger partial charge in [0.2, 0.25) is 0 Å². The Hall–Kier alpha value is -2.89. The summed E-state index contributed by atoms with van der Waals surface area (Å²) in [4.78, 5) is 14.5. The summed E-state index contributed by atoms with van der Waals surface area (Å²) in [5.74, 6) is 0.912. The van der Waals surface area contributed by atoms with Crippen molar-refractivity contribution in [2.75, 3.05) is 44.3 Å². The van der Waals surface area contributed by atoms with Crippen LogP contribution in [0, 0.1) is 0 Å². The molecule has 122 valence electrons. The first-order chi connectivity index (χ1) is 11.0. The van der Waals surface area contributed by atoms with Gasteiger partial charge in [0.1, 0.15) is 11.5 Å². The van der Waals surface area contributed by atoms with Gasteiger partial charge in [-0.1, -0.05) is 0 Å². The highest BCUT2D eigenvalue weighted by Crippen LogP contribution is 2.30. The van der Waals surface area contributed by atoms with Crippen molar-refractivity contribution >= 4 is 23.0 Å². The van der Waals surface area contributed by atoms with Gasteiger partial charge in [-0.05, 0) is 30.3 Å². The molecule has 0 heterocycles. The van der Waals surface area contributed by atoms with E-state index in [0.717, 1.165) is 5.69 Å². The van der Waals surface area contributed by atoms with Gasteiger partial charge in [-0.2, -0.15) is 0 Å². The second-order valence-corrected chi connectivity index (χ2v) is 5.19. The quantitative estimate of drug-likeness (QED) is 0.829. The number of carbonyl (C=O) groups is 1. The molecule has 0 unspecified atom stereocenters. The summed E-state index contributed by atoms with van der Waals surface area (Å²) in [7, 11) is 6.85. The van der Waals surface area contributed by atoms with E-state index in [4.69, 9.17) is 15.2 Å². The van der Waals surface area contributed by atoms with Gasteiger partial charge in [-0.25, -0.2) is 0 Å². The molecular weight excluding hydrogens is 294 g/mol. The summed E-state index contributed by atoms with van der Waals surface area (Å²) in [6.45, 7) is 0. The molecule has 2 rings (SSSR count). The maximum atomic E-state index is 12.6. The molecule has 0 radical (unpaired) electrons. The molecule has 6 heteroatoms. The van der Waals surface area contributed by atoms with E-state index < -0.39 is 0 Å². The molecule has 0 aromatic heterocycles. The van der Waals surface area contributed by atoms with Gasteiger partial charge in [0, 0.05) is 31.5 Å². The molecule has 0 spiro atoms. The summed E-state index contributed by atoms with van der Waals surface area (Å²) in [5.41, 5.74) is 8.18. The lowest BCUT2D eigenvalue weighted by atomic mass is 10.1. The number of methoxy groups -OCH3 is 2. The number of hydrogen-bond donors (Lipinski definition) is 2. The van der Waals surface area contributed by atoms with E-state index in [2.05, 4.69) is 5.32 Å². The fourth-order valence-corrected chi connectivity index (χ4v) is 2.22. The lowest BCUT2D eigenvalue weighted by Gasteiger charge is -2.18. The number of hydrogen-bond acceptors (Lipinski definition) is 5. The summed E-state index contributed by atoms with van der Waals surface area (Å²) < 4.78 is 10.4. The minimum Gasteiger partial charge on any atom is -0.497 e. The molecule has 0 atom stereocenters. The number of ether oxygens (including phenoxy) is 2. The van der Waals surface area contributed by atoms with E-state index in [1.807, 2.05) is 25.1 Å². The van der Waals surface area contributed by atoms with Crippen LogP contribution in [0.15, 0.2) is 36.4 Å². The van der Waals surface area contributed by atoms with E-state index in [9.17, 15) is 4.79 Å². The van der Waals surface area contributed by atoms with Crippen LogP contribution in [0.3, 0.4) is 0 Å². The molecule has 3 N–H and O–H groups in total. The highest BCUT2D eigenvalue weighted by atomic mass is 16.5. The van der Waals surface area contributed by atoms with Crippen molar-refractivity contribution in [2.45, 2.75) is 0 Å². The van der Waals surface area contributed by atoms with Gasteiger partial charge in [0.25, 0.3) is 5.91 Å². The first kappa shape index (κ1) is 16.5. The summed E-state index contributed by atoms with van der Waals surface area (Å²) >= 11 is 0. The summed E-state index contributed by atoms with van der Waals surface area (Å²) in [6.07, 6.45) is 0. The second kappa shape index (κ2) is 6.91. The Morgan fingerprint density at radius 1 is 1.09 bits per heavy atom. The van der Waals surface area contributed by atoms with Crippen LogP contribution in [0.4, 0.5) is 17.1 Å². The number of nitrogen functional groups attached to an aromatic ring is 1. The van der Waals surface area contributed by atoms with E-state index in [0.29, 0.717) is 28.4 Å². The monoisotopic (exact) mass is 315 g/mol. The lowest BCUT2D eigenvalue weighted by Crippen LogP contribution is -2.19. The molecule has 0 aliphatic carbocycles. The third-order valence-corrected chi connectivity index (χ3v) is 3.40. The Balaban J connectivity index is 2.34. The van der Waals surface area contributed by atoms with Crippen LogP contribution in [0.1, 0.15) is 10.4 Å². The average molecular weight is 315 g/mol. The zero-order valence-electron chi connectivity index (χ0n) is 13.7. The van der Waals surface area contributed by atoms with E-state index in [-0.39, 0.29) is 5.91 Å². The first-order valence-electron chi connectivity index (χ1n) is 7.06. The predicted octanol–water partition coefficient (Wildman–Crippen LogP) is 2.60. The van der Waals surface area contributed by atoms with Crippen molar-refractivity contribution in [3.63, 3.8) is 0 Å². The number of nitrogens with one attached hydrogen (secondary N) is 1. The standard InChI is InChI=1S/C17H21N3O3/c1-20(2)15-8-5-11(18)9-13(15)17(21)19-14-7-6-12(22-3)10-16(14)23-4/h5-10H,18H2,1-4H3,(H,19,21). The van der Waals surface area contributed by atoms with Crippen LogP contribution >= 0.6 is 0 Å². The third kappa shape index (κ3) is 3.66. The zero-order valence-corrected chi connectivity index (χ0v) is 13.7. The van der Waals surface area contributed by atoms with E-state index in [1.165, 1.54) is 7.11 Å². The van der Waals surface area contributed by atoms with Crippen LogP contribution in [-0.4, -0.2) is 34.2 Å². The molecule has 2 aromatic carbocycles. The Morgan fingerprint density at radius 3 is 2.43 bits per heavy atom. The fraction of sp³-hybridized carbons (Fsp3) is 0.235. The van der Waals surface area contributed by atoms with Crippen molar-refractivity contribution < 1.29 is 14.3 Å². The van der Waals surface area contributed by atoms with Crippen molar-refractivity contribution in [2.24, 2.45) is 0 Å². The molecule has 0 saturated heterocycles. The smallest absolute Gasteiger partial charge is 0.257 e. The third-order valence-electron chi connectivity index (χ3n) is 3.40. The van der Waals surface area contributed by atoms with Crippen molar-refractivity contribution in [1.82, 2.24) is 0 Å². The van der Waals surface area contributed by atoms with Crippen LogP contribution in [0.2, 0.25) is 0 Å². The Morgan fingerprint density at radius 2 is 1.83 bits per heavy atom. The molecule has 23 heavy (non-hydrogen) atoms. The van der Waals surface area contributed by atoms with E-state index in [1.54, 1.807) is 37.4 Å². The number of nitrogens with two attached hydrogens (primary N) is 1. The van der Waals surface area contributed by atoms with Crippen LogP contribution in [0.25, 0.3) is 0 Å². The minimum absolute atomic E-state index is 0.260. The van der Waals surface area contributed by atoms with Gasteiger partial charge < -0.3 is 25.4 Å². The zero-order chi connectivity index (χ0) is 17.0. The number of carbonyl (C=O) groups excluding carboxylic acids is 1. The molecule has 2 aromatic rings. The van der Waals surface area contributed by atoms with Crippen LogP contribution in [-0.2, 0) is 0 Å². The van der Waals surface area contributed by atoms with Crippen molar-refractivity contribution in [1.29, 1.82) is 0 Å². The normalized spacial score (nSPS) is 10.1. The number of anilines is 3. The Bertz CT molecular complexity index is 714. The number of benzene rings is 2. The molecule has 0 fully saturated rings. The molecule has 0 bridgehead atoms. The molecule has 0 aliphatic rings. The van der Waals surface area contributed by atoms with Gasteiger partial charge in [0.05, 0.1) is 25.5 Å². The largest absolute Gasteiger partial charge is 0.497 e. The maximum absolute atomic E-state index is 12.6. The average Bonchev–Trinajstić information content (AvgIpc) is 2.54. The summed E-state index contributed by atoms with van der Waals surface area (Å²) in [6, 6.07) is 10.4. The summed E-state index contributed by atoms with van der Waals surface area (Å²) in [5, 5.41) is 2.85. The van der Waals surface area contributed by atoms with E-state index >= 15 is 0 Å².